The van der Waals surface area contributed by atoms with Crippen molar-refractivity contribution < 1.29 is 9.21 Å². The van der Waals surface area contributed by atoms with Crippen LogP contribution in [-0.4, -0.2) is 21.1 Å². The molecular weight excluding hydrogens is 468 g/mol. The summed E-state index contributed by atoms with van der Waals surface area (Å²) < 4.78 is 7.05. The number of aromatic amines is 1. The molecule has 1 amide bonds. The van der Waals surface area contributed by atoms with E-state index < -0.39 is 0 Å². The molecule has 3 aromatic heterocycles. The molecule has 0 unspecified atom stereocenters. The van der Waals surface area contributed by atoms with Crippen LogP contribution in [0.5, 0.6) is 0 Å². The van der Waals surface area contributed by atoms with Crippen molar-refractivity contribution in [3.8, 4) is 21.9 Å². The lowest BCUT2D eigenvalue weighted by Crippen LogP contribution is -2.12. The van der Waals surface area contributed by atoms with E-state index in [1.165, 1.54) is 10.1 Å². The average molecular weight is 487 g/mol. The van der Waals surface area contributed by atoms with Gasteiger partial charge in [0, 0.05) is 37.3 Å². The summed E-state index contributed by atoms with van der Waals surface area (Å²) >= 11 is 1.70. The van der Waals surface area contributed by atoms with Crippen LogP contribution < -0.4 is 5.32 Å². The van der Waals surface area contributed by atoms with Crippen molar-refractivity contribution in [2.75, 3.05) is 5.32 Å². The van der Waals surface area contributed by atoms with E-state index in [-0.39, 0.29) is 5.91 Å². The highest BCUT2D eigenvalue weighted by Crippen LogP contribution is 2.37. The fourth-order valence-corrected chi connectivity index (χ4v) is 5.48. The van der Waals surface area contributed by atoms with E-state index in [0.29, 0.717) is 17.1 Å². The summed E-state index contributed by atoms with van der Waals surface area (Å²) in [4.78, 5) is 18.9. The summed E-state index contributed by atoms with van der Waals surface area (Å²) in [5.74, 6) is 0.363. The molecule has 0 aliphatic heterocycles. The Hall–Kier alpha value is -4.75. The van der Waals surface area contributed by atoms with Gasteiger partial charge in [-0.2, -0.15) is 5.10 Å². The van der Waals surface area contributed by atoms with E-state index >= 15 is 0 Å². The zero-order valence-corrected chi connectivity index (χ0v) is 19.7. The lowest BCUT2D eigenvalue weighted by atomic mass is 10.0. The van der Waals surface area contributed by atoms with E-state index in [2.05, 4.69) is 38.7 Å². The highest BCUT2D eigenvalue weighted by atomic mass is 32.1. The van der Waals surface area contributed by atoms with Crippen LogP contribution in [0.25, 0.3) is 54.0 Å². The van der Waals surface area contributed by atoms with E-state index in [4.69, 9.17) is 4.42 Å². The molecule has 0 bridgehead atoms. The van der Waals surface area contributed by atoms with Crippen LogP contribution >= 0.6 is 11.3 Å². The van der Waals surface area contributed by atoms with Crippen molar-refractivity contribution in [1.29, 1.82) is 0 Å². The SMILES string of the molecule is O=C(Nc1ccc(-c2nc3ccccc3o2)cc1)c1cc(-c2cc3ccccc3s2)c2[nH]ncc2c1. The minimum absolute atomic E-state index is 0.185. The molecule has 6 nitrogen and oxygen atoms in total. The molecule has 0 radical (unpaired) electrons. The van der Waals surface area contributed by atoms with Gasteiger partial charge >= 0.3 is 0 Å². The van der Waals surface area contributed by atoms with Gasteiger partial charge in [-0.25, -0.2) is 4.98 Å². The predicted molar refractivity (Wildman–Crippen MR) is 144 cm³/mol. The van der Waals surface area contributed by atoms with Gasteiger partial charge in [-0.15, -0.1) is 11.3 Å². The molecule has 0 saturated heterocycles. The molecule has 36 heavy (non-hydrogen) atoms. The lowest BCUT2D eigenvalue weighted by Gasteiger charge is -2.08. The summed E-state index contributed by atoms with van der Waals surface area (Å²) in [6, 6.07) is 29.4. The van der Waals surface area contributed by atoms with Crippen molar-refractivity contribution in [2.45, 2.75) is 0 Å². The molecule has 0 aliphatic rings. The summed E-state index contributed by atoms with van der Waals surface area (Å²) in [5, 5.41) is 12.4. The number of nitrogens with one attached hydrogen (secondary N) is 2. The van der Waals surface area contributed by atoms with Crippen molar-refractivity contribution >= 4 is 55.0 Å². The molecule has 3 heterocycles. The first-order valence-electron chi connectivity index (χ1n) is 11.4. The maximum atomic E-state index is 13.2. The van der Waals surface area contributed by atoms with Crippen LogP contribution in [0.15, 0.2) is 102 Å². The van der Waals surface area contributed by atoms with Crippen LogP contribution in [-0.2, 0) is 0 Å². The zero-order chi connectivity index (χ0) is 24.1. The second-order valence-corrected chi connectivity index (χ2v) is 9.61. The topological polar surface area (TPSA) is 83.8 Å². The Labute approximate surface area is 209 Å². The zero-order valence-electron chi connectivity index (χ0n) is 18.9. The molecule has 0 fully saturated rings. The maximum absolute atomic E-state index is 13.2. The Morgan fingerprint density at radius 3 is 2.58 bits per heavy atom. The number of hydrogen-bond acceptors (Lipinski definition) is 5. The van der Waals surface area contributed by atoms with Gasteiger partial charge < -0.3 is 9.73 Å². The number of oxazole rings is 1. The third-order valence-corrected chi connectivity index (χ3v) is 7.33. The summed E-state index contributed by atoms with van der Waals surface area (Å²) in [7, 11) is 0. The number of aromatic nitrogens is 3. The second kappa shape index (κ2) is 8.18. The summed E-state index contributed by atoms with van der Waals surface area (Å²) in [6.07, 6.45) is 1.75. The number of amides is 1. The number of hydrogen-bond donors (Lipinski definition) is 2. The van der Waals surface area contributed by atoms with Crippen LogP contribution in [0.1, 0.15) is 10.4 Å². The highest BCUT2D eigenvalue weighted by molar-refractivity contribution is 7.22. The normalized spacial score (nSPS) is 11.4. The smallest absolute Gasteiger partial charge is 0.255 e. The first kappa shape index (κ1) is 20.6. The molecule has 4 aromatic carbocycles. The Morgan fingerprint density at radius 2 is 1.72 bits per heavy atom. The monoisotopic (exact) mass is 486 g/mol. The number of rotatable bonds is 4. The number of para-hydroxylation sites is 2. The summed E-state index contributed by atoms with van der Waals surface area (Å²) in [5.41, 5.74) is 5.54. The standard InChI is InChI=1S/C29H18N4O2S/c34-28(31-21-11-9-17(10-12-21)29-32-23-6-2-3-7-24(23)35-29)19-13-20-16-30-33-27(20)22(14-19)26-15-18-5-1-4-8-25(18)36-26/h1-16H,(H,30,33)(H,31,34). The van der Waals surface area contributed by atoms with Gasteiger partial charge in [0.2, 0.25) is 5.89 Å². The van der Waals surface area contributed by atoms with Gasteiger partial charge in [-0.1, -0.05) is 30.3 Å². The van der Waals surface area contributed by atoms with E-state index in [9.17, 15) is 4.79 Å². The number of H-pyrrole nitrogens is 1. The minimum atomic E-state index is -0.185. The number of anilines is 1. The first-order chi connectivity index (χ1) is 17.7. The van der Waals surface area contributed by atoms with E-state index in [1.54, 1.807) is 17.5 Å². The Balaban J connectivity index is 1.19. The van der Waals surface area contributed by atoms with Gasteiger partial charge in [0.15, 0.2) is 5.58 Å². The molecule has 2 N–H and O–H groups in total. The third kappa shape index (κ3) is 3.54. The molecule has 0 atom stereocenters. The molecule has 7 rings (SSSR count). The van der Waals surface area contributed by atoms with E-state index in [0.717, 1.165) is 38.0 Å². The fraction of sp³-hybridized carbons (Fsp3) is 0. The number of thiophene rings is 1. The molecule has 0 spiro atoms. The lowest BCUT2D eigenvalue weighted by molar-refractivity contribution is 0.102. The molecule has 7 heteroatoms. The number of nitrogens with zero attached hydrogens (tertiary/aromatic N) is 2. The molecule has 0 aliphatic carbocycles. The van der Waals surface area contributed by atoms with Gasteiger partial charge in [0.05, 0.1) is 11.7 Å². The number of carbonyl (C=O) groups excluding carboxylic acids is 1. The molecule has 0 saturated carbocycles. The third-order valence-electron chi connectivity index (χ3n) is 6.19. The average Bonchev–Trinajstić information content (AvgIpc) is 3.66. The summed E-state index contributed by atoms with van der Waals surface area (Å²) in [6.45, 7) is 0. The van der Waals surface area contributed by atoms with Crippen molar-refractivity contribution in [3.63, 3.8) is 0 Å². The fourth-order valence-electron chi connectivity index (χ4n) is 4.39. The predicted octanol–water partition coefficient (Wildman–Crippen LogP) is 7.51. The minimum Gasteiger partial charge on any atom is -0.436 e. The van der Waals surface area contributed by atoms with Crippen LogP contribution in [0.2, 0.25) is 0 Å². The molecule has 172 valence electrons. The van der Waals surface area contributed by atoms with E-state index in [1.807, 2.05) is 72.8 Å². The Morgan fingerprint density at radius 1 is 0.889 bits per heavy atom. The van der Waals surface area contributed by atoms with Crippen LogP contribution in [0.3, 0.4) is 0 Å². The maximum Gasteiger partial charge on any atom is 0.255 e. The highest BCUT2D eigenvalue weighted by Gasteiger charge is 2.16. The van der Waals surface area contributed by atoms with Crippen molar-refractivity contribution in [3.05, 3.63) is 103 Å². The quantitative estimate of drug-likeness (QED) is 0.270. The van der Waals surface area contributed by atoms with Gasteiger partial charge in [0.1, 0.15) is 5.52 Å². The second-order valence-electron chi connectivity index (χ2n) is 8.52. The number of fused-ring (bicyclic) bond motifs is 3. The Kier molecular flexibility index (Phi) is 4.68. The van der Waals surface area contributed by atoms with Crippen molar-refractivity contribution in [2.24, 2.45) is 0 Å². The first-order valence-corrected chi connectivity index (χ1v) is 12.3. The molecular formula is C29H18N4O2S. The van der Waals surface area contributed by atoms with Crippen LogP contribution in [0.4, 0.5) is 5.69 Å². The van der Waals surface area contributed by atoms with Crippen LogP contribution in [0, 0.1) is 0 Å². The Bertz CT molecular complexity index is 1830. The number of benzene rings is 4. The van der Waals surface area contributed by atoms with Crippen molar-refractivity contribution in [1.82, 2.24) is 15.2 Å². The molecule has 7 aromatic rings. The van der Waals surface area contributed by atoms with Gasteiger partial charge in [-0.05, 0) is 66.0 Å². The number of carbonyl (C=O) groups is 1. The van der Waals surface area contributed by atoms with Gasteiger partial charge in [-0.3, -0.25) is 9.89 Å². The largest absolute Gasteiger partial charge is 0.436 e. The van der Waals surface area contributed by atoms with Gasteiger partial charge in [0.25, 0.3) is 5.91 Å².